The molecule has 10 heteroatoms. The van der Waals surface area contributed by atoms with E-state index in [2.05, 4.69) is 20.7 Å². The van der Waals surface area contributed by atoms with Gasteiger partial charge in [-0.3, -0.25) is 4.68 Å². The van der Waals surface area contributed by atoms with Gasteiger partial charge in [-0.2, -0.15) is 17.6 Å². The maximum atomic E-state index is 13.3. The Kier molecular flexibility index (Phi) is 4.23. The van der Waals surface area contributed by atoms with Gasteiger partial charge in [-0.1, -0.05) is 11.6 Å². The van der Waals surface area contributed by atoms with Crippen LogP contribution in [0.25, 0.3) is 10.9 Å². The van der Waals surface area contributed by atoms with Gasteiger partial charge < -0.3 is 10.6 Å². The van der Waals surface area contributed by atoms with Crippen LogP contribution < -0.4 is 10.6 Å². The predicted octanol–water partition coefficient (Wildman–Crippen LogP) is 3.65. The Morgan fingerprint density at radius 3 is 2.59 bits per heavy atom. The van der Waals surface area contributed by atoms with Gasteiger partial charge in [0.1, 0.15) is 11.2 Å². The number of anilines is 1. The minimum Gasteiger partial charge on any atom is -0.382 e. The Balaban J connectivity index is 1.71. The molecule has 0 atom stereocenters. The predicted molar refractivity (Wildman–Crippen MR) is 93.3 cm³/mol. The number of halogens is 5. The van der Waals surface area contributed by atoms with Crippen molar-refractivity contribution < 1.29 is 17.6 Å². The Hall–Kier alpha value is -2.39. The maximum absolute atomic E-state index is 13.3. The lowest BCUT2D eigenvalue weighted by molar-refractivity contribution is -0.140. The average Bonchev–Trinajstić information content (AvgIpc) is 2.99. The normalized spacial score (nSPS) is 16.3. The standard InChI is InChI=1S/C17H14ClF4N5/c18-10-1-2-12-11(5-10)13(6-14(25-12)17(20,21)22)24-9-16(7-23-8-16)27-4-3-15(19)26-27/h1-6,23H,7-9H2,(H,24,25). The molecule has 27 heavy (non-hydrogen) atoms. The molecule has 0 saturated carbocycles. The van der Waals surface area contributed by atoms with Gasteiger partial charge >= 0.3 is 6.18 Å². The summed E-state index contributed by atoms with van der Waals surface area (Å²) >= 11 is 6.00. The summed E-state index contributed by atoms with van der Waals surface area (Å²) < 4.78 is 54.4. The molecule has 0 bridgehead atoms. The number of aromatic nitrogens is 3. The summed E-state index contributed by atoms with van der Waals surface area (Å²) in [5.41, 5.74) is -1.13. The lowest BCUT2D eigenvalue weighted by Gasteiger charge is -2.43. The molecule has 2 N–H and O–H groups in total. The fraction of sp³-hybridized carbons (Fsp3) is 0.294. The highest BCUT2D eigenvalue weighted by Crippen LogP contribution is 2.34. The van der Waals surface area contributed by atoms with Crippen LogP contribution in [0.3, 0.4) is 0 Å². The summed E-state index contributed by atoms with van der Waals surface area (Å²) in [6, 6.07) is 6.70. The first kappa shape index (κ1) is 18.0. The molecule has 2 aromatic heterocycles. The van der Waals surface area contributed by atoms with E-state index in [1.54, 1.807) is 6.07 Å². The second kappa shape index (κ2) is 6.35. The molecular weight excluding hydrogens is 386 g/mol. The van der Waals surface area contributed by atoms with E-state index in [9.17, 15) is 17.6 Å². The fourth-order valence-electron chi connectivity index (χ4n) is 3.10. The molecule has 1 aromatic carbocycles. The van der Waals surface area contributed by atoms with E-state index in [0.717, 1.165) is 6.07 Å². The molecule has 3 heterocycles. The zero-order chi connectivity index (χ0) is 19.2. The smallest absolute Gasteiger partial charge is 0.382 e. The summed E-state index contributed by atoms with van der Waals surface area (Å²) in [7, 11) is 0. The van der Waals surface area contributed by atoms with Gasteiger partial charge in [0.2, 0.25) is 5.95 Å². The second-order valence-electron chi connectivity index (χ2n) is 6.48. The topological polar surface area (TPSA) is 54.8 Å². The summed E-state index contributed by atoms with van der Waals surface area (Å²) in [6.45, 7) is 1.28. The molecule has 1 aliphatic rings. The number of alkyl halides is 3. The summed E-state index contributed by atoms with van der Waals surface area (Å²) in [5.74, 6) is -0.609. The number of nitrogens with one attached hydrogen (secondary N) is 2. The Labute approximate surface area is 156 Å². The monoisotopic (exact) mass is 399 g/mol. The zero-order valence-corrected chi connectivity index (χ0v) is 14.6. The number of pyridine rings is 1. The van der Waals surface area contributed by atoms with Crippen LogP contribution in [0.2, 0.25) is 5.02 Å². The van der Waals surface area contributed by atoms with Crippen molar-refractivity contribution in [2.75, 3.05) is 25.0 Å². The second-order valence-corrected chi connectivity index (χ2v) is 6.92. The molecule has 0 amide bonds. The molecule has 1 saturated heterocycles. The Morgan fingerprint density at radius 1 is 1.22 bits per heavy atom. The third-order valence-electron chi connectivity index (χ3n) is 4.62. The van der Waals surface area contributed by atoms with Crippen molar-refractivity contribution in [3.8, 4) is 0 Å². The molecule has 1 fully saturated rings. The Bertz CT molecular complexity index is 997. The van der Waals surface area contributed by atoms with Crippen LogP contribution >= 0.6 is 11.6 Å². The van der Waals surface area contributed by atoms with Crippen molar-refractivity contribution in [3.63, 3.8) is 0 Å². The number of rotatable bonds is 4. The molecule has 0 unspecified atom stereocenters. The van der Waals surface area contributed by atoms with Gasteiger partial charge in [-0.25, -0.2) is 4.98 Å². The Morgan fingerprint density at radius 2 is 2.00 bits per heavy atom. The average molecular weight is 400 g/mol. The highest BCUT2D eigenvalue weighted by molar-refractivity contribution is 6.31. The first-order valence-corrected chi connectivity index (χ1v) is 8.48. The summed E-state index contributed by atoms with van der Waals surface area (Å²) in [4.78, 5) is 3.69. The number of fused-ring (bicyclic) bond motifs is 1. The zero-order valence-electron chi connectivity index (χ0n) is 13.8. The number of benzene rings is 1. The van der Waals surface area contributed by atoms with E-state index < -0.39 is 23.4 Å². The molecule has 1 aliphatic heterocycles. The van der Waals surface area contributed by atoms with E-state index in [1.807, 2.05) is 0 Å². The van der Waals surface area contributed by atoms with Gasteiger partial charge in [-0.05, 0) is 24.3 Å². The van der Waals surface area contributed by atoms with E-state index >= 15 is 0 Å². The van der Waals surface area contributed by atoms with Gasteiger partial charge in [-0.15, -0.1) is 5.10 Å². The number of nitrogens with zero attached hydrogens (tertiary/aromatic N) is 3. The van der Waals surface area contributed by atoms with Crippen LogP contribution in [0.1, 0.15) is 5.69 Å². The lowest BCUT2D eigenvalue weighted by atomic mass is 9.92. The van der Waals surface area contributed by atoms with Crippen LogP contribution in [0.4, 0.5) is 23.2 Å². The molecule has 3 aromatic rings. The number of hydrogen-bond acceptors (Lipinski definition) is 4. The van der Waals surface area contributed by atoms with Gasteiger partial charge in [0.25, 0.3) is 0 Å². The number of hydrogen-bond donors (Lipinski definition) is 2. The van der Waals surface area contributed by atoms with Gasteiger partial charge in [0.15, 0.2) is 0 Å². The van der Waals surface area contributed by atoms with Crippen molar-refractivity contribution in [2.45, 2.75) is 11.7 Å². The van der Waals surface area contributed by atoms with E-state index in [0.29, 0.717) is 23.5 Å². The third-order valence-corrected chi connectivity index (χ3v) is 4.85. The first-order valence-electron chi connectivity index (χ1n) is 8.11. The minimum atomic E-state index is -4.58. The van der Waals surface area contributed by atoms with Crippen LogP contribution in [-0.4, -0.2) is 34.4 Å². The largest absolute Gasteiger partial charge is 0.433 e. The summed E-state index contributed by atoms with van der Waals surface area (Å²) in [5, 5.41) is 10.8. The van der Waals surface area contributed by atoms with E-state index in [4.69, 9.17) is 11.6 Å². The quantitative estimate of drug-likeness (QED) is 0.657. The van der Waals surface area contributed by atoms with Crippen molar-refractivity contribution in [1.82, 2.24) is 20.1 Å². The molecule has 0 radical (unpaired) electrons. The van der Waals surface area contributed by atoms with Crippen molar-refractivity contribution in [1.29, 1.82) is 0 Å². The van der Waals surface area contributed by atoms with E-state index in [-0.39, 0.29) is 17.7 Å². The summed E-state index contributed by atoms with van der Waals surface area (Å²) in [6.07, 6.45) is -3.06. The van der Waals surface area contributed by atoms with Crippen molar-refractivity contribution >= 4 is 28.2 Å². The van der Waals surface area contributed by atoms with E-state index in [1.165, 1.54) is 29.1 Å². The molecule has 0 aliphatic carbocycles. The highest BCUT2D eigenvalue weighted by Gasteiger charge is 2.40. The molecular formula is C17H14ClF4N5. The highest BCUT2D eigenvalue weighted by atomic mass is 35.5. The van der Waals surface area contributed by atoms with Crippen LogP contribution in [0.5, 0.6) is 0 Å². The van der Waals surface area contributed by atoms with Crippen LogP contribution in [-0.2, 0) is 11.7 Å². The molecule has 5 nitrogen and oxygen atoms in total. The molecule has 4 rings (SSSR count). The third kappa shape index (κ3) is 3.32. The minimum absolute atomic E-state index is 0.183. The molecule has 0 spiro atoms. The van der Waals surface area contributed by atoms with Crippen molar-refractivity contribution in [2.24, 2.45) is 0 Å². The van der Waals surface area contributed by atoms with Gasteiger partial charge in [0, 0.05) is 48.0 Å². The maximum Gasteiger partial charge on any atom is 0.433 e. The fourth-order valence-corrected chi connectivity index (χ4v) is 3.27. The lowest BCUT2D eigenvalue weighted by Crippen LogP contribution is -2.64. The van der Waals surface area contributed by atoms with Gasteiger partial charge in [0.05, 0.1) is 5.52 Å². The van der Waals surface area contributed by atoms with Crippen LogP contribution in [0.15, 0.2) is 36.5 Å². The van der Waals surface area contributed by atoms with Crippen molar-refractivity contribution in [3.05, 3.63) is 53.2 Å². The van der Waals surface area contributed by atoms with Crippen LogP contribution in [0, 0.1) is 5.95 Å². The first-order chi connectivity index (χ1) is 12.8. The molecule has 142 valence electrons. The SMILES string of the molecule is Fc1ccn(C2(CNc3cc(C(F)(F)F)nc4ccc(Cl)cc34)CNC2)n1.